The molecule has 4 heteroatoms. The second kappa shape index (κ2) is 3.05. The first-order valence-electron chi connectivity index (χ1n) is 2.68. The van der Waals surface area contributed by atoms with Gasteiger partial charge in [0.15, 0.2) is 5.75 Å². The predicted octanol–water partition coefficient (Wildman–Crippen LogP) is 1.28. The number of nitrogens with two attached hydrogens (primary N) is 1. The van der Waals surface area contributed by atoms with Gasteiger partial charge in [0.2, 0.25) is 0 Å². The average molecular weight is 250 g/mol. The van der Waals surface area contributed by atoms with E-state index >= 15 is 0 Å². The van der Waals surface area contributed by atoms with E-state index < -0.39 is 0 Å². The van der Waals surface area contributed by atoms with Crippen molar-refractivity contribution in [3.05, 3.63) is 16.0 Å². The Kier molecular flexibility index (Phi) is 2.31. The molecule has 0 saturated carbocycles. The molecule has 0 bridgehead atoms. The van der Waals surface area contributed by atoms with Crippen molar-refractivity contribution in [2.24, 2.45) is 0 Å². The van der Waals surface area contributed by atoms with Crippen molar-refractivity contribution in [3.8, 4) is 5.75 Å². The van der Waals surface area contributed by atoms with Crippen molar-refractivity contribution in [1.82, 2.24) is 4.98 Å². The lowest BCUT2D eigenvalue weighted by molar-refractivity contribution is 0.410. The summed E-state index contributed by atoms with van der Waals surface area (Å²) in [6.07, 6.45) is 3.24. The van der Waals surface area contributed by atoms with E-state index in [1.165, 1.54) is 0 Å². The molecule has 10 heavy (non-hydrogen) atoms. The number of nitrogen functional groups attached to an aromatic ring is 1. The summed E-state index contributed by atoms with van der Waals surface area (Å²) in [5.74, 6) is 0.723. The molecule has 0 fully saturated rings. The second-order valence-electron chi connectivity index (χ2n) is 1.74. The SMILES string of the molecule is COc1cncc(N)c1I. The van der Waals surface area contributed by atoms with Crippen LogP contribution in [0.3, 0.4) is 0 Å². The van der Waals surface area contributed by atoms with E-state index in [-0.39, 0.29) is 0 Å². The highest BCUT2D eigenvalue weighted by Gasteiger charge is 2.01. The van der Waals surface area contributed by atoms with Crippen LogP contribution in [0, 0.1) is 3.57 Å². The van der Waals surface area contributed by atoms with Gasteiger partial charge in [-0.15, -0.1) is 0 Å². The molecule has 54 valence electrons. The topological polar surface area (TPSA) is 48.1 Å². The largest absolute Gasteiger partial charge is 0.494 e. The highest BCUT2D eigenvalue weighted by Crippen LogP contribution is 2.23. The van der Waals surface area contributed by atoms with Crippen LogP contribution < -0.4 is 10.5 Å². The standard InChI is InChI=1S/C6H7IN2O/c1-10-5-3-9-2-4(8)6(5)7/h2-3H,8H2,1H3. The number of rotatable bonds is 1. The molecule has 0 amide bonds. The van der Waals surface area contributed by atoms with Gasteiger partial charge in [0.25, 0.3) is 0 Å². The summed E-state index contributed by atoms with van der Waals surface area (Å²) >= 11 is 2.11. The van der Waals surface area contributed by atoms with Gasteiger partial charge in [-0.05, 0) is 22.6 Å². The number of halogens is 1. The molecule has 1 aromatic heterocycles. The average Bonchev–Trinajstić information content (AvgIpc) is 1.95. The van der Waals surface area contributed by atoms with Gasteiger partial charge in [-0.25, -0.2) is 0 Å². The zero-order chi connectivity index (χ0) is 7.56. The number of anilines is 1. The van der Waals surface area contributed by atoms with E-state index in [0.717, 1.165) is 9.32 Å². The highest BCUT2D eigenvalue weighted by atomic mass is 127. The minimum atomic E-state index is 0.653. The first-order chi connectivity index (χ1) is 4.75. The molecule has 1 rings (SSSR count). The molecule has 0 atom stereocenters. The van der Waals surface area contributed by atoms with Crippen LogP contribution in [-0.2, 0) is 0 Å². The second-order valence-corrected chi connectivity index (χ2v) is 2.82. The minimum absolute atomic E-state index is 0.653. The number of nitrogens with zero attached hydrogens (tertiary/aromatic N) is 1. The first-order valence-corrected chi connectivity index (χ1v) is 3.76. The van der Waals surface area contributed by atoms with Crippen LogP contribution in [0.5, 0.6) is 5.75 Å². The number of hydrogen-bond acceptors (Lipinski definition) is 3. The van der Waals surface area contributed by atoms with E-state index in [2.05, 4.69) is 27.6 Å². The van der Waals surface area contributed by atoms with Crippen LogP contribution in [0.2, 0.25) is 0 Å². The van der Waals surface area contributed by atoms with Crippen molar-refractivity contribution in [1.29, 1.82) is 0 Å². The van der Waals surface area contributed by atoms with Gasteiger partial charge < -0.3 is 10.5 Å². The third-order valence-corrected chi connectivity index (χ3v) is 2.25. The van der Waals surface area contributed by atoms with Crippen LogP contribution in [0.15, 0.2) is 12.4 Å². The molecule has 0 aliphatic heterocycles. The van der Waals surface area contributed by atoms with Gasteiger partial charge >= 0.3 is 0 Å². The zero-order valence-electron chi connectivity index (χ0n) is 5.47. The zero-order valence-corrected chi connectivity index (χ0v) is 7.62. The van der Waals surface area contributed by atoms with Gasteiger partial charge in [-0.2, -0.15) is 0 Å². The number of methoxy groups -OCH3 is 1. The van der Waals surface area contributed by atoms with Gasteiger partial charge in [0.05, 0.1) is 28.8 Å². The van der Waals surface area contributed by atoms with E-state index in [1.807, 2.05) is 0 Å². The lowest BCUT2D eigenvalue weighted by Gasteiger charge is -2.02. The summed E-state index contributed by atoms with van der Waals surface area (Å²) in [6.45, 7) is 0. The van der Waals surface area contributed by atoms with Crippen LogP contribution in [0.1, 0.15) is 0 Å². The predicted molar refractivity (Wildman–Crippen MR) is 47.9 cm³/mol. The molecule has 0 aliphatic rings. The number of aromatic nitrogens is 1. The quantitative estimate of drug-likeness (QED) is 0.763. The van der Waals surface area contributed by atoms with Crippen LogP contribution in [0.25, 0.3) is 0 Å². The normalized spacial score (nSPS) is 9.40. The summed E-state index contributed by atoms with van der Waals surface area (Å²) in [5.41, 5.74) is 6.20. The molecular weight excluding hydrogens is 243 g/mol. The molecule has 1 heterocycles. The van der Waals surface area contributed by atoms with Gasteiger partial charge in [-0.3, -0.25) is 4.98 Å². The molecule has 1 aromatic rings. The smallest absolute Gasteiger partial charge is 0.152 e. The highest BCUT2D eigenvalue weighted by molar-refractivity contribution is 14.1. The van der Waals surface area contributed by atoms with E-state index in [0.29, 0.717) is 5.69 Å². The molecule has 3 nitrogen and oxygen atoms in total. The minimum Gasteiger partial charge on any atom is -0.494 e. The summed E-state index contributed by atoms with van der Waals surface area (Å²) in [4.78, 5) is 3.86. The third kappa shape index (κ3) is 1.31. The van der Waals surface area contributed by atoms with E-state index in [9.17, 15) is 0 Å². The van der Waals surface area contributed by atoms with Crippen molar-refractivity contribution in [2.45, 2.75) is 0 Å². The first kappa shape index (κ1) is 7.59. The lowest BCUT2D eigenvalue weighted by atomic mass is 10.4. The van der Waals surface area contributed by atoms with Crippen LogP contribution >= 0.6 is 22.6 Å². The van der Waals surface area contributed by atoms with Crippen LogP contribution in [-0.4, -0.2) is 12.1 Å². The fourth-order valence-corrected chi connectivity index (χ4v) is 1.08. The molecule has 0 spiro atoms. The summed E-state index contributed by atoms with van der Waals surface area (Å²) < 4.78 is 5.89. The van der Waals surface area contributed by atoms with Crippen molar-refractivity contribution in [2.75, 3.05) is 12.8 Å². The Balaban J connectivity index is 3.14. The van der Waals surface area contributed by atoms with Gasteiger partial charge in [0, 0.05) is 0 Å². The fourth-order valence-electron chi connectivity index (χ4n) is 0.583. The van der Waals surface area contributed by atoms with Crippen molar-refractivity contribution < 1.29 is 4.74 Å². The summed E-state index contributed by atoms with van der Waals surface area (Å²) in [5, 5.41) is 0. The number of ether oxygens (including phenoxy) is 1. The maximum absolute atomic E-state index is 5.55. The fraction of sp³-hybridized carbons (Fsp3) is 0.167. The third-order valence-electron chi connectivity index (χ3n) is 1.10. The molecule has 0 unspecified atom stereocenters. The molecule has 2 N–H and O–H groups in total. The Bertz CT molecular complexity index is 239. The van der Waals surface area contributed by atoms with Crippen molar-refractivity contribution in [3.63, 3.8) is 0 Å². The lowest BCUT2D eigenvalue weighted by Crippen LogP contribution is -1.94. The molecule has 0 saturated heterocycles. The Morgan fingerprint density at radius 3 is 2.80 bits per heavy atom. The summed E-state index contributed by atoms with van der Waals surface area (Å²) in [7, 11) is 1.60. The van der Waals surface area contributed by atoms with Crippen LogP contribution in [0.4, 0.5) is 5.69 Å². The Morgan fingerprint density at radius 2 is 2.30 bits per heavy atom. The molecule has 0 radical (unpaired) electrons. The van der Waals surface area contributed by atoms with E-state index in [4.69, 9.17) is 10.5 Å². The maximum Gasteiger partial charge on any atom is 0.152 e. The Labute approximate surface area is 72.7 Å². The molecule has 0 aliphatic carbocycles. The number of hydrogen-bond donors (Lipinski definition) is 1. The Hall–Kier alpha value is -0.520. The Morgan fingerprint density at radius 1 is 1.60 bits per heavy atom. The molecule has 0 aromatic carbocycles. The number of pyridine rings is 1. The van der Waals surface area contributed by atoms with E-state index in [1.54, 1.807) is 19.5 Å². The molecular formula is C6H7IN2O. The van der Waals surface area contributed by atoms with Crippen molar-refractivity contribution >= 4 is 28.3 Å². The monoisotopic (exact) mass is 250 g/mol. The maximum atomic E-state index is 5.55. The van der Waals surface area contributed by atoms with Gasteiger partial charge in [-0.1, -0.05) is 0 Å². The van der Waals surface area contributed by atoms with Gasteiger partial charge in [0.1, 0.15) is 0 Å². The summed E-state index contributed by atoms with van der Waals surface area (Å²) in [6, 6.07) is 0.